The smallest absolute Gasteiger partial charge is 0.274 e. The number of carbonyl (C=O) groups is 1. The number of pyridine rings is 1. The van der Waals surface area contributed by atoms with E-state index in [1.54, 1.807) is 12.3 Å². The maximum Gasteiger partial charge on any atom is 0.274 e. The van der Waals surface area contributed by atoms with Gasteiger partial charge in [-0.3, -0.25) is 4.79 Å². The summed E-state index contributed by atoms with van der Waals surface area (Å²) < 4.78 is 1.90. The van der Waals surface area contributed by atoms with E-state index in [0.717, 1.165) is 18.7 Å². The molecule has 2 N–H and O–H groups in total. The Morgan fingerprint density at radius 1 is 1.45 bits per heavy atom. The second-order valence-electron chi connectivity index (χ2n) is 5.06. The minimum absolute atomic E-state index is 0.0485. The average Bonchev–Trinajstić information content (AvgIpc) is 3.19. The summed E-state index contributed by atoms with van der Waals surface area (Å²) in [7, 11) is 1.90. The van der Waals surface area contributed by atoms with E-state index in [1.165, 1.54) is 12.3 Å². The summed E-state index contributed by atoms with van der Waals surface area (Å²) in [6.45, 7) is 0. The zero-order chi connectivity index (χ0) is 14.1. The van der Waals surface area contributed by atoms with Gasteiger partial charge < -0.3 is 15.0 Å². The molecule has 6 heteroatoms. The zero-order valence-corrected chi connectivity index (χ0v) is 11.2. The van der Waals surface area contributed by atoms with Crippen LogP contribution in [0.15, 0.2) is 30.7 Å². The SMILES string of the molecule is Cn1ccnc1[C@@H](NC(=O)c1ncccc1O)C1CC1. The van der Waals surface area contributed by atoms with Crippen molar-refractivity contribution in [3.05, 3.63) is 42.2 Å². The second-order valence-corrected chi connectivity index (χ2v) is 5.06. The number of nitrogens with zero attached hydrogens (tertiary/aromatic N) is 3. The molecule has 0 aliphatic heterocycles. The maximum absolute atomic E-state index is 12.2. The molecule has 1 fully saturated rings. The Morgan fingerprint density at radius 2 is 2.25 bits per heavy atom. The maximum atomic E-state index is 12.2. The van der Waals surface area contributed by atoms with Gasteiger partial charge in [-0.05, 0) is 30.9 Å². The van der Waals surface area contributed by atoms with E-state index in [1.807, 2.05) is 17.8 Å². The molecule has 1 aliphatic rings. The Bertz CT molecular complexity index is 634. The number of hydrogen-bond acceptors (Lipinski definition) is 4. The van der Waals surface area contributed by atoms with Crippen LogP contribution in [0.2, 0.25) is 0 Å². The number of aryl methyl sites for hydroxylation is 1. The van der Waals surface area contributed by atoms with E-state index < -0.39 is 0 Å². The van der Waals surface area contributed by atoms with Crippen LogP contribution in [0.25, 0.3) is 0 Å². The lowest BCUT2D eigenvalue weighted by Gasteiger charge is -2.18. The lowest BCUT2D eigenvalue weighted by molar-refractivity contribution is 0.0921. The third-order valence-electron chi connectivity index (χ3n) is 3.52. The average molecular weight is 272 g/mol. The molecule has 20 heavy (non-hydrogen) atoms. The van der Waals surface area contributed by atoms with Crippen LogP contribution in [-0.4, -0.2) is 25.5 Å². The summed E-state index contributed by atoms with van der Waals surface area (Å²) in [6, 6.07) is 2.90. The van der Waals surface area contributed by atoms with Gasteiger partial charge in [0.15, 0.2) is 5.69 Å². The lowest BCUT2D eigenvalue weighted by atomic mass is 10.1. The molecule has 1 amide bonds. The van der Waals surface area contributed by atoms with Gasteiger partial charge in [-0.1, -0.05) is 0 Å². The first-order chi connectivity index (χ1) is 9.66. The third-order valence-corrected chi connectivity index (χ3v) is 3.52. The lowest BCUT2D eigenvalue weighted by Crippen LogP contribution is -2.32. The summed E-state index contributed by atoms with van der Waals surface area (Å²) in [5.74, 6) is 0.754. The monoisotopic (exact) mass is 272 g/mol. The van der Waals surface area contributed by atoms with Crippen LogP contribution in [0.4, 0.5) is 0 Å². The molecule has 0 spiro atoms. The van der Waals surface area contributed by atoms with Gasteiger partial charge in [0.2, 0.25) is 0 Å². The van der Waals surface area contributed by atoms with Crippen molar-refractivity contribution in [3.63, 3.8) is 0 Å². The molecule has 0 saturated heterocycles. The summed E-state index contributed by atoms with van der Waals surface area (Å²) in [6.07, 6.45) is 7.21. The van der Waals surface area contributed by atoms with E-state index in [4.69, 9.17) is 0 Å². The van der Waals surface area contributed by atoms with Crippen LogP contribution in [0.5, 0.6) is 5.75 Å². The van der Waals surface area contributed by atoms with Crippen molar-refractivity contribution in [3.8, 4) is 5.75 Å². The first kappa shape index (κ1) is 12.7. The van der Waals surface area contributed by atoms with Crippen LogP contribution < -0.4 is 5.32 Å². The second kappa shape index (κ2) is 4.96. The van der Waals surface area contributed by atoms with E-state index in [0.29, 0.717) is 5.92 Å². The summed E-state index contributed by atoms with van der Waals surface area (Å²) in [5.41, 5.74) is 0.0485. The van der Waals surface area contributed by atoms with Crippen molar-refractivity contribution in [2.24, 2.45) is 13.0 Å². The minimum Gasteiger partial charge on any atom is -0.505 e. The van der Waals surface area contributed by atoms with Crippen LogP contribution in [0.1, 0.15) is 35.2 Å². The van der Waals surface area contributed by atoms with Crippen molar-refractivity contribution < 1.29 is 9.90 Å². The summed E-state index contributed by atoms with van der Waals surface area (Å²) >= 11 is 0. The molecule has 1 atom stereocenters. The number of aromatic hydroxyl groups is 1. The van der Waals surface area contributed by atoms with E-state index in [-0.39, 0.29) is 23.4 Å². The highest BCUT2D eigenvalue weighted by atomic mass is 16.3. The zero-order valence-electron chi connectivity index (χ0n) is 11.2. The van der Waals surface area contributed by atoms with Crippen molar-refractivity contribution in [1.82, 2.24) is 19.9 Å². The number of amides is 1. The van der Waals surface area contributed by atoms with Gasteiger partial charge in [-0.15, -0.1) is 0 Å². The molecule has 0 bridgehead atoms. The molecule has 0 radical (unpaired) electrons. The highest BCUT2D eigenvalue weighted by molar-refractivity contribution is 5.94. The largest absolute Gasteiger partial charge is 0.505 e. The predicted octanol–water partition coefficient (Wildman–Crippen LogP) is 1.40. The number of nitrogens with one attached hydrogen (secondary N) is 1. The Balaban J connectivity index is 1.83. The molecule has 104 valence electrons. The van der Waals surface area contributed by atoms with Crippen LogP contribution in [-0.2, 0) is 7.05 Å². The molecule has 0 unspecified atom stereocenters. The first-order valence-corrected chi connectivity index (χ1v) is 6.59. The molecule has 1 saturated carbocycles. The van der Waals surface area contributed by atoms with E-state index in [9.17, 15) is 9.90 Å². The Kier molecular flexibility index (Phi) is 3.14. The Morgan fingerprint density at radius 3 is 2.85 bits per heavy atom. The van der Waals surface area contributed by atoms with Gasteiger partial charge in [-0.25, -0.2) is 9.97 Å². The molecule has 1 aliphatic carbocycles. The number of aromatic nitrogens is 3. The minimum atomic E-state index is -0.372. The van der Waals surface area contributed by atoms with Gasteiger partial charge in [0.1, 0.15) is 11.6 Å². The summed E-state index contributed by atoms with van der Waals surface area (Å²) in [5, 5.41) is 12.6. The van der Waals surface area contributed by atoms with Crippen molar-refractivity contribution in [2.45, 2.75) is 18.9 Å². The third kappa shape index (κ3) is 2.36. The molecule has 2 heterocycles. The number of hydrogen-bond donors (Lipinski definition) is 2. The molecule has 0 aromatic carbocycles. The van der Waals surface area contributed by atoms with Crippen molar-refractivity contribution in [1.29, 1.82) is 0 Å². The fourth-order valence-electron chi connectivity index (χ4n) is 2.28. The van der Waals surface area contributed by atoms with Crippen LogP contribution in [0.3, 0.4) is 0 Å². The highest BCUT2D eigenvalue weighted by Gasteiger charge is 2.36. The van der Waals surface area contributed by atoms with Gasteiger partial charge in [0.25, 0.3) is 5.91 Å². The van der Waals surface area contributed by atoms with E-state index in [2.05, 4.69) is 15.3 Å². The molecule has 3 rings (SSSR count). The Labute approximate surface area is 116 Å². The van der Waals surface area contributed by atoms with Crippen molar-refractivity contribution >= 4 is 5.91 Å². The fourth-order valence-corrected chi connectivity index (χ4v) is 2.28. The molecular weight excluding hydrogens is 256 g/mol. The van der Waals surface area contributed by atoms with Crippen LogP contribution in [0, 0.1) is 5.92 Å². The van der Waals surface area contributed by atoms with Crippen LogP contribution >= 0.6 is 0 Å². The van der Waals surface area contributed by atoms with Gasteiger partial charge in [0, 0.05) is 25.6 Å². The summed E-state index contributed by atoms with van der Waals surface area (Å²) in [4.78, 5) is 20.5. The first-order valence-electron chi connectivity index (χ1n) is 6.59. The normalized spacial score (nSPS) is 15.8. The standard InChI is InChI=1S/C14H16N4O2/c1-18-8-7-16-13(18)11(9-4-5-9)17-14(20)12-10(19)3-2-6-15-12/h2-3,6-9,11,19H,4-5H2,1H3,(H,17,20)/t11-/m0/s1. The quantitative estimate of drug-likeness (QED) is 0.881. The fraction of sp³-hybridized carbons (Fsp3) is 0.357. The predicted molar refractivity (Wildman–Crippen MR) is 72.0 cm³/mol. The number of carbonyl (C=O) groups excluding carboxylic acids is 1. The van der Waals surface area contributed by atoms with E-state index >= 15 is 0 Å². The Hall–Kier alpha value is -2.37. The van der Waals surface area contributed by atoms with Gasteiger partial charge >= 0.3 is 0 Å². The number of rotatable bonds is 4. The van der Waals surface area contributed by atoms with Gasteiger partial charge in [-0.2, -0.15) is 0 Å². The number of imidazole rings is 1. The molecule has 2 aromatic heterocycles. The highest BCUT2D eigenvalue weighted by Crippen LogP contribution is 2.40. The molecule has 6 nitrogen and oxygen atoms in total. The van der Waals surface area contributed by atoms with Gasteiger partial charge in [0.05, 0.1) is 6.04 Å². The molecule has 2 aromatic rings. The topological polar surface area (TPSA) is 80.0 Å². The molecular formula is C14H16N4O2. The van der Waals surface area contributed by atoms with Crippen molar-refractivity contribution in [2.75, 3.05) is 0 Å².